The highest BCUT2D eigenvalue weighted by atomic mass is 35.5. The first-order valence-corrected chi connectivity index (χ1v) is 3.40. The fourth-order valence-corrected chi connectivity index (χ4v) is 1.05. The molecular weight excluding hydrogens is 164 g/mol. The molecule has 3 N–H and O–H groups in total. The summed E-state index contributed by atoms with van der Waals surface area (Å²) in [6, 6.07) is 1.72. The van der Waals surface area contributed by atoms with Gasteiger partial charge in [0.05, 0.1) is 10.4 Å². The highest BCUT2D eigenvalue weighted by Crippen LogP contribution is 2.18. The molecule has 2 aromatic heterocycles. The Kier molecular flexibility index (Phi) is 1.22. The fraction of sp³-hybridized carbons (Fsp3) is 0. The number of hydrogen-bond donors (Lipinski definition) is 2. The molecule has 0 aliphatic rings. The zero-order valence-electron chi connectivity index (χ0n) is 5.50. The third-order valence-corrected chi connectivity index (χ3v) is 1.61. The van der Waals surface area contributed by atoms with E-state index in [-0.39, 0.29) is 0 Å². The summed E-state index contributed by atoms with van der Waals surface area (Å²) in [4.78, 5) is 3.95. The standard InChI is InChI=1S/C6H5ClN4/c7-3-1-4-5(8)10-11-6(4)9-2-3/h1-2H,(H3,8,9,10,11). The molecule has 2 rings (SSSR count). The zero-order valence-corrected chi connectivity index (χ0v) is 6.26. The summed E-state index contributed by atoms with van der Waals surface area (Å²) >= 11 is 5.69. The summed E-state index contributed by atoms with van der Waals surface area (Å²) in [6.45, 7) is 0. The number of anilines is 1. The molecule has 0 unspecified atom stereocenters. The maximum Gasteiger partial charge on any atom is 0.183 e. The van der Waals surface area contributed by atoms with Crippen molar-refractivity contribution in [1.82, 2.24) is 15.2 Å². The number of fused-ring (bicyclic) bond motifs is 1. The number of aromatic amines is 1. The van der Waals surface area contributed by atoms with E-state index in [1.165, 1.54) is 6.20 Å². The Morgan fingerprint density at radius 1 is 1.55 bits per heavy atom. The van der Waals surface area contributed by atoms with E-state index < -0.39 is 0 Å². The van der Waals surface area contributed by atoms with E-state index in [9.17, 15) is 0 Å². The first kappa shape index (κ1) is 6.42. The van der Waals surface area contributed by atoms with Crippen molar-refractivity contribution in [3.8, 4) is 0 Å². The lowest BCUT2D eigenvalue weighted by Gasteiger charge is -1.88. The quantitative estimate of drug-likeness (QED) is 0.621. The van der Waals surface area contributed by atoms with Crippen molar-refractivity contribution in [3.63, 3.8) is 0 Å². The molecule has 0 aromatic carbocycles. The molecule has 0 saturated carbocycles. The number of aromatic nitrogens is 3. The lowest BCUT2D eigenvalue weighted by Crippen LogP contribution is -1.83. The molecular formula is C6H5ClN4. The van der Waals surface area contributed by atoms with Crippen LogP contribution in [0.4, 0.5) is 5.82 Å². The van der Waals surface area contributed by atoms with E-state index >= 15 is 0 Å². The molecule has 0 saturated heterocycles. The predicted molar refractivity (Wildman–Crippen MR) is 43.3 cm³/mol. The van der Waals surface area contributed by atoms with Gasteiger partial charge in [-0.25, -0.2) is 4.98 Å². The van der Waals surface area contributed by atoms with Gasteiger partial charge >= 0.3 is 0 Å². The maximum absolute atomic E-state index is 5.69. The lowest BCUT2D eigenvalue weighted by atomic mass is 10.3. The Balaban J connectivity index is 2.87. The summed E-state index contributed by atoms with van der Waals surface area (Å²) < 4.78 is 0. The van der Waals surface area contributed by atoms with Gasteiger partial charge in [0.25, 0.3) is 0 Å². The number of rotatable bonds is 0. The monoisotopic (exact) mass is 168 g/mol. The van der Waals surface area contributed by atoms with E-state index in [0.29, 0.717) is 16.5 Å². The van der Waals surface area contributed by atoms with Crippen LogP contribution >= 0.6 is 11.6 Å². The Morgan fingerprint density at radius 2 is 2.36 bits per heavy atom. The topological polar surface area (TPSA) is 67.6 Å². The Hall–Kier alpha value is -1.29. The smallest absolute Gasteiger partial charge is 0.183 e. The second-order valence-corrected chi connectivity index (χ2v) is 2.60. The van der Waals surface area contributed by atoms with Crippen LogP contribution in [0.15, 0.2) is 12.3 Å². The summed E-state index contributed by atoms with van der Waals surface area (Å²) in [5.74, 6) is 0.495. The molecule has 2 aromatic rings. The normalized spacial score (nSPS) is 10.6. The van der Waals surface area contributed by atoms with Crippen LogP contribution < -0.4 is 5.73 Å². The maximum atomic E-state index is 5.69. The summed E-state index contributed by atoms with van der Waals surface area (Å²) in [7, 11) is 0. The third kappa shape index (κ3) is 0.914. The molecule has 11 heavy (non-hydrogen) atoms. The molecule has 0 spiro atoms. The predicted octanol–water partition coefficient (Wildman–Crippen LogP) is 1.19. The second-order valence-electron chi connectivity index (χ2n) is 2.16. The first-order valence-electron chi connectivity index (χ1n) is 3.02. The molecule has 0 radical (unpaired) electrons. The van der Waals surface area contributed by atoms with Crippen LogP contribution in [0.1, 0.15) is 0 Å². The van der Waals surface area contributed by atoms with E-state index in [0.717, 1.165) is 5.39 Å². The highest BCUT2D eigenvalue weighted by molar-refractivity contribution is 6.31. The van der Waals surface area contributed by atoms with Crippen LogP contribution in [-0.2, 0) is 0 Å². The van der Waals surface area contributed by atoms with Crippen LogP contribution in [0.3, 0.4) is 0 Å². The fourth-order valence-electron chi connectivity index (χ4n) is 0.893. The number of nitrogens with two attached hydrogens (primary N) is 1. The molecule has 0 bridgehead atoms. The van der Waals surface area contributed by atoms with Crippen molar-refractivity contribution >= 4 is 28.5 Å². The minimum absolute atomic E-state index is 0.495. The number of nitrogens with zero attached hydrogens (tertiary/aromatic N) is 2. The number of pyridine rings is 1. The van der Waals surface area contributed by atoms with Gasteiger partial charge < -0.3 is 5.73 Å². The van der Waals surface area contributed by atoms with Crippen LogP contribution in [-0.4, -0.2) is 15.2 Å². The number of nitrogen functional groups attached to an aromatic ring is 1. The average Bonchev–Trinajstić information content (AvgIpc) is 2.33. The highest BCUT2D eigenvalue weighted by Gasteiger charge is 2.02. The molecule has 2 heterocycles. The molecule has 0 aliphatic carbocycles. The molecule has 0 atom stereocenters. The molecule has 4 nitrogen and oxygen atoms in total. The van der Waals surface area contributed by atoms with Crippen molar-refractivity contribution in [2.45, 2.75) is 0 Å². The minimum Gasteiger partial charge on any atom is -0.384 e. The number of hydrogen-bond acceptors (Lipinski definition) is 3. The third-order valence-electron chi connectivity index (χ3n) is 1.41. The van der Waals surface area contributed by atoms with Crippen molar-refractivity contribution in [1.29, 1.82) is 0 Å². The summed E-state index contributed by atoms with van der Waals surface area (Å²) in [5, 5.41) is 7.77. The van der Waals surface area contributed by atoms with Crippen LogP contribution in [0.5, 0.6) is 0 Å². The average molecular weight is 169 g/mol. The SMILES string of the molecule is Nc1[nH]nc2ncc(Cl)cc12. The van der Waals surface area contributed by atoms with Gasteiger partial charge in [-0.3, -0.25) is 5.10 Å². The zero-order chi connectivity index (χ0) is 7.84. The molecule has 0 fully saturated rings. The van der Waals surface area contributed by atoms with Gasteiger partial charge in [0.2, 0.25) is 0 Å². The van der Waals surface area contributed by atoms with Gasteiger partial charge in [-0.1, -0.05) is 11.6 Å². The largest absolute Gasteiger partial charge is 0.384 e. The molecule has 5 heteroatoms. The van der Waals surface area contributed by atoms with Gasteiger partial charge in [0.1, 0.15) is 5.82 Å². The lowest BCUT2D eigenvalue weighted by molar-refractivity contribution is 1.10. The molecule has 56 valence electrons. The van der Waals surface area contributed by atoms with Gasteiger partial charge in [-0.05, 0) is 6.07 Å². The van der Waals surface area contributed by atoms with Crippen molar-refractivity contribution in [3.05, 3.63) is 17.3 Å². The molecule has 0 aliphatic heterocycles. The minimum atomic E-state index is 0.495. The van der Waals surface area contributed by atoms with E-state index in [1.807, 2.05) is 0 Å². The number of nitrogens with one attached hydrogen (secondary N) is 1. The van der Waals surface area contributed by atoms with Crippen LogP contribution in [0, 0.1) is 0 Å². The van der Waals surface area contributed by atoms with E-state index in [2.05, 4.69) is 15.2 Å². The van der Waals surface area contributed by atoms with Gasteiger partial charge in [-0.15, -0.1) is 0 Å². The second kappa shape index (κ2) is 2.10. The first-order chi connectivity index (χ1) is 5.27. The van der Waals surface area contributed by atoms with Crippen LogP contribution in [0.2, 0.25) is 5.02 Å². The summed E-state index contributed by atoms with van der Waals surface area (Å²) in [6.07, 6.45) is 1.53. The van der Waals surface area contributed by atoms with Gasteiger partial charge in [-0.2, -0.15) is 5.10 Å². The number of H-pyrrole nitrogens is 1. The van der Waals surface area contributed by atoms with Gasteiger partial charge in [0.15, 0.2) is 5.65 Å². The Morgan fingerprint density at radius 3 is 3.18 bits per heavy atom. The van der Waals surface area contributed by atoms with Crippen LogP contribution in [0.25, 0.3) is 11.0 Å². The van der Waals surface area contributed by atoms with Crippen molar-refractivity contribution < 1.29 is 0 Å². The number of halogens is 1. The Bertz CT molecular complexity index is 394. The summed E-state index contributed by atoms with van der Waals surface area (Å²) in [5.41, 5.74) is 6.12. The van der Waals surface area contributed by atoms with E-state index in [1.54, 1.807) is 6.07 Å². The molecule has 0 amide bonds. The Labute approximate surface area is 67.4 Å². The van der Waals surface area contributed by atoms with Crippen molar-refractivity contribution in [2.24, 2.45) is 0 Å². The van der Waals surface area contributed by atoms with Gasteiger partial charge in [0, 0.05) is 6.20 Å². The van der Waals surface area contributed by atoms with Crippen molar-refractivity contribution in [2.75, 3.05) is 5.73 Å². The van der Waals surface area contributed by atoms with E-state index in [4.69, 9.17) is 17.3 Å².